The van der Waals surface area contributed by atoms with E-state index in [2.05, 4.69) is 59.1 Å². The first kappa shape index (κ1) is 16.5. The molecule has 1 atom stereocenters. The molecule has 2 rings (SSSR count). The zero-order valence-electron chi connectivity index (χ0n) is 14.8. The maximum atomic E-state index is 3.62. The van der Waals surface area contributed by atoms with Gasteiger partial charge < -0.3 is 5.32 Å². The molecule has 1 aromatic rings. The van der Waals surface area contributed by atoms with Crippen LogP contribution in [0.4, 0.5) is 0 Å². The average Bonchev–Trinajstić information content (AvgIpc) is 2.45. The Bertz CT molecular complexity index is 467. The molecule has 1 aliphatic carbocycles. The maximum Gasteiger partial charge on any atom is 0.0348 e. The first-order chi connectivity index (χ1) is 9.93. The Hall–Kier alpha value is -0.820. The summed E-state index contributed by atoms with van der Waals surface area (Å²) in [4.78, 5) is 0. The van der Waals surface area contributed by atoms with Gasteiger partial charge in [-0.15, -0.1) is 0 Å². The number of rotatable bonds is 4. The SMILES string of the molecule is CNC(c1cc(C)c(C)cc1C)C1CCC(C(C)C)CC1. The first-order valence-electron chi connectivity index (χ1n) is 8.69. The molecule has 118 valence electrons. The molecule has 1 saturated carbocycles. The zero-order chi connectivity index (χ0) is 15.6. The summed E-state index contributed by atoms with van der Waals surface area (Å²) in [7, 11) is 2.13. The Morgan fingerprint density at radius 3 is 1.90 bits per heavy atom. The van der Waals surface area contributed by atoms with Crippen molar-refractivity contribution >= 4 is 0 Å². The van der Waals surface area contributed by atoms with Crippen LogP contribution in [-0.4, -0.2) is 7.05 Å². The van der Waals surface area contributed by atoms with Crippen molar-refractivity contribution in [2.75, 3.05) is 7.05 Å². The van der Waals surface area contributed by atoms with E-state index in [4.69, 9.17) is 0 Å². The minimum Gasteiger partial charge on any atom is -0.313 e. The Morgan fingerprint density at radius 2 is 1.38 bits per heavy atom. The molecular formula is C20H33N. The Labute approximate surface area is 131 Å². The van der Waals surface area contributed by atoms with E-state index < -0.39 is 0 Å². The van der Waals surface area contributed by atoms with E-state index >= 15 is 0 Å². The molecule has 1 heteroatoms. The van der Waals surface area contributed by atoms with Crippen LogP contribution in [0, 0.1) is 38.5 Å². The summed E-state index contributed by atoms with van der Waals surface area (Å²) in [6.07, 6.45) is 5.57. The third-order valence-electron chi connectivity index (χ3n) is 5.76. The van der Waals surface area contributed by atoms with Gasteiger partial charge in [-0.25, -0.2) is 0 Å². The molecule has 0 spiro atoms. The molecule has 1 aliphatic rings. The highest BCUT2D eigenvalue weighted by molar-refractivity contribution is 5.38. The molecule has 0 bridgehead atoms. The van der Waals surface area contributed by atoms with Crippen molar-refractivity contribution in [3.8, 4) is 0 Å². The van der Waals surface area contributed by atoms with Crippen LogP contribution >= 0.6 is 0 Å². The van der Waals surface area contributed by atoms with E-state index in [0.717, 1.165) is 17.8 Å². The summed E-state index contributed by atoms with van der Waals surface area (Å²) >= 11 is 0. The van der Waals surface area contributed by atoms with Gasteiger partial charge in [0.2, 0.25) is 0 Å². The van der Waals surface area contributed by atoms with Gasteiger partial charge in [-0.2, -0.15) is 0 Å². The van der Waals surface area contributed by atoms with Gasteiger partial charge in [0.15, 0.2) is 0 Å². The molecule has 0 aliphatic heterocycles. The smallest absolute Gasteiger partial charge is 0.0348 e. The fourth-order valence-electron chi connectivity index (χ4n) is 4.11. The van der Waals surface area contributed by atoms with Crippen LogP contribution in [0.3, 0.4) is 0 Å². The minimum atomic E-state index is 0.525. The normalized spacial score (nSPS) is 24.3. The molecule has 0 heterocycles. The number of benzene rings is 1. The molecule has 1 aromatic carbocycles. The second-order valence-electron chi connectivity index (χ2n) is 7.48. The summed E-state index contributed by atoms with van der Waals surface area (Å²) in [6.45, 7) is 11.5. The highest BCUT2D eigenvalue weighted by Gasteiger charge is 2.29. The lowest BCUT2D eigenvalue weighted by Crippen LogP contribution is -2.30. The van der Waals surface area contributed by atoms with Gasteiger partial charge in [0, 0.05) is 6.04 Å². The number of aryl methyl sites for hydroxylation is 3. The van der Waals surface area contributed by atoms with Crippen molar-refractivity contribution in [2.45, 2.75) is 66.3 Å². The Kier molecular flexibility index (Phi) is 5.48. The van der Waals surface area contributed by atoms with Crippen LogP contribution < -0.4 is 5.32 Å². The van der Waals surface area contributed by atoms with E-state index in [1.54, 1.807) is 0 Å². The van der Waals surface area contributed by atoms with Crippen molar-refractivity contribution in [3.63, 3.8) is 0 Å². The molecule has 0 saturated heterocycles. The van der Waals surface area contributed by atoms with E-state index in [-0.39, 0.29) is 0 Å². The van der Waals surface area contributed by atoms with Gasteiger partial charge >= 0.3 is 0 Å². The summed E-state index contributed by atoms with van der Waals surface area (Å²) in [5, 5.41) is 3.62. The number of nitrogens with one attached hydrogen (secondary N) is 1. The zero-order valence-corrected chi connectivity index (χ0v) is 14.8. The van der Waals surface area contributed by atoms with Crippen molar-refractivity contribution in [1.29, 1.82) is 0 Å². The third kappa shape index (κ3) is 3.69. The van der Waals surface area contributed by atoms with Gasteiger partial charge in [-0.1, -0.05) is 26.0 Å². The predicted octanol–water partition coefficient (Wildman–Crippen LogP) is 5.33. The number of hydrogen-bond donors (Lipinski definition) is 1. The topological polar surface area (TPSA) is 12.0 Å². The lowest BCUT2D eigenvalue weighted by molar-refractivity contribution is 0.192. The second-order valence-corrected chi connectivity index (χ2v) is 7.48. The molecule has 0 radical (unpaired) electrons. The molecule has 21 heavy (non-hydrogen) atoms. The number of hydrogen-bond acceptors (Lipinski definition) is 1. The average molecular weight is 287 g/mol. The minimum absolute atomic E-state index is 0.525. The molecule has 0 aromatic heterocycles. The molecular weight excluding hydrogens is 254 g/mol. The van der Waals surface area contributed by atoms with Crippen LogP contribution in [0.5, 0.6) is 0 Å². The van der Waals surface area contributed by atoms with Gasteiger partial charge in [-0.05, 0) is 93.5 Å². The summed E-state index contributed by atoms with van der Waals surface area (Å²) in [6, 6.07) is 5.30. The van der Waals surface area contributed by atoms with Gasteiger partial charge in [0.25, 0.3) is 0 Å². The Morgan fingerprint density at radius 1 is 0.857 bits per heavy atom. The van der Waals surface area contributed by atoms with E-state index in [0.29, 0.717) is 6.04 Å². The highest BCUT2D eigenvalue weighted by Crippen LogP contribution is 2.40. The monoisotopic (exact) mass is 287 g/mol. The summed E-state index contributed by atoms with van der Waals surface area (Å²) in [5.74, 6) is 2.59. The highest BCUT2D eigenvalue weighted by atomic mass is 14.9. The van der Waals surface area contributed by atoms with Gasteiger partial charge in [-0.3, -0.25) is 0 Å². The van der Waals surface area contributed by atoms with Crippen LogP contribution in [0.2, 0.25) is 0 Å². The quantitative estimate of drug-likeness (QED) is 0.788. The molecule has 1 fully saturated rings. The van der Waals surface area contributed by atoms with E-state index in [9.17, 15) is 0 Å². The van der Waals surface area contributed by atoms with Crippen LogP contribution in [0.15, 0.2) is 12.1 Å². The lowest BCUT2D eigenvalue weighted by atomic mass is 9.73. The Balaban J connectivity index is 2.16. The molecule has 1 N–H and O–H groups in total. The van der Waals surface area contributed by atoms with Crippen molar-refractivity contribution < 1.29 is 0 Å². The van der Waals surface area contributed by atoms with Crippen LogP contribution in [-0.2, 0) is 0 Å². The fraction of sp³-hybridized carbons (Fsp3) is 0.700. The molecule has 0 amide bonds. The maximum absolute atomic E-state index is 3.62. The van der Waals surface area contributed by atoms with E-state index in [1.807, 2.05) is 0 Å². The summed E-state index contributed by atoms with van der Waals surface area (Å²) < 4.78 is 0. The van der Waals surface area contributed by atoms with Crippen LogP contribution in [0.25, 0.3) is 0 Å². The fourth-order valence-corrected chi connectivity index (χ4v) is 4.11. The van der Waals surface area contributed by atoms with Crippen molar-refractivity contribution in [2.24, 2.45) is 17.8 Å². The van der Waals surface area contributed by atoms with Crippen molar-refractivity contribution in [3.05, 3.63) is 34.4 Å². The third-order valence-corrected chi connectivity index (χ3v) is 5.76. The molecule has 1 unspecified atom stereocenters. The first-order valence-corrected chi connectivity index (χ1v) is 8.69. The predicted molar refractivity (Wildman–Crippen MR) is 92.7 cm³/mol. The van der Waals surface area contributed by atoms with Crippen LogP contribution in [0.1, 0.15) is 67.8 Å². The van der Waals surface area contributed by atoms with E-state index in [1.165, 1.54) is 47.9 Å². The molecule has 1 nitrogen and oxygen atoms in total. The van der Waals surface area contributed by atoms with Gasteiger partial charge in [0.05, 0.1) is 0 Å². The van der Waals surface area contributed by atoms with Crippen molar-refractivity contribution in [1.82, 2.24) is 5.32 Å². The van der Waals surface area contributed by atoms with Gasteiger partial charge in [0.1, 0.15) is 0 Å². The standard InChI is InChI=1S/C20H33N/c1-13(2)17-7-9-18(10-8-17)20(21-6)19-12-15(4)14(3)11-16(19)5/h11-13,17-18,20-21H,7-10H2,1-6H3. The lowest BCUT2D eigenvalue weighted by Gasteiger charge is -2.36. The summed E-state index contributed by atoms with van der Waals surface area (Å²) in [5.41, 5.74) is 5.80. The second kappa shape index (κ2) is 6.96. The largest absolute Gasteiger partial charge is 0.313 e.